The van der Waals surface area contributed by atoms with Crippen LogP contribution >= 0.6 is 0 Å². The van der Waals surface area contributed by atoms with Crippen molar-refractivity contribution in [2.45, 2.75) is 25.9 Å². The van der Waals surface area contributed by atoms with Gasteiger partial charge in [0.25, 0.3) is 0 Å². The van der Waals surface area contributed by atoms with Gasteiger partial charge in [-0.3, -0.25) is 4.79 Å². The molecule has 1 N–H and O–H groups in total. The minimum atomic E-state index is -0.947. The average molecular weight is 210 g/mol. The molecule has 0 unspecified atom stereocenters. The number of carbonyl (C=O) groups is 2. The van der Waals surface area contributed by atoms with E-state index in [1.807, 2.05) is 11.5 Å². The highest BCUT2D eigenvalue weighted by molar-refractivity contribution is 5.80. The molecule has 80 valence electrons. The van der Waals surface area contributed by atoms with Gasteiger partial charge in [-0.1, -0.05) is 0 Å². The van der Waals surface area contributed by atoms with Crippen molar-refractivity contribution >= 4 is 11.9 Å². The Morgan fingerprint density at radius 3 is 2.67 bits per heavy atom. The molecule has 3 atom stereocenters. The monoisotopic (exact) mass is 210 g/mol. The van der Waals surface area contributed by atoms with Crippen LogP contribution in [-0.2, 0) is 14.4 Å². The van der Waals surface area contributed by atoms with Crippen LogP contribution in [0, 0.1) is 17.2 Å². The summed E-state index contributed by atoms with van der Waals surface area (Å²) in [5.41, 5.74) is 1.88. The zero-order chi connectivity index (χ0) is 11.4. The van der Waals surface area contributed by atoms with E-state index in [-0.39, 0.29) is 6.04 Å². The van der Waals surface area contributed by atoms with Gasteiger partial charge >= 0.3 is 5.97 Å². The van der Waals surface area contributed by atoms with Gasteiger partial charge < -0.3 is 4.84 Å². The molecule has 7 heteroatoms. The van der Waals surface area contributed by atoms with Crippen LogP contribution in [0.1, 0.15) is 13.8 Å². The first-order valence-corrected chi connectivity index (χ1v) is 4.33. The molecule has 0 aromatic heterocycles. The number of amides is 1. The van der Waals surface area contributed by atoms with E-state index in [0.29, 0.717) is 0 Å². The van der Waals surface area contributed by atoms with Gasteiger partial charge in [0.1, 0.15) is 5.92 Å². The summed E-state index contributed by atoms with van der Waals surface area (Å²) in [7, 11) is 0. The third kappa shape index (κ3) is 2.49. The zero-order valence-corrected chi connectivity index (χ0v) is 8.30. The van der Waals surface area contributed by atoms with Crippen LogP contribution in [0.4, 0.5) is 0 Å². The molecule has 15 heavy (non-hydrogen) atoms. The molecule has 1 heterocycles. The minimum Gasteiger partial charge on any atom is -0.338 e. The molecule has 0 fully saturated rings. The number of hydroxylamine groups is 1. The van der Waals surface area contributed by atoms with Crippen LogP contribution in [0.15, 0.2) is 10.2 Å². The van der Waals surface area contributed by atoms with Gasteiger partial charge in [0.2, 0.25) is 5.91 Å². The number of hydrogen-bond donors (Lipinski definition) is 1. The molecule has 1 rings (SSSR count). The third-order valence-corrected chi connectivity index (χ3v) is 1.92. The summed E-state index contributed by atoms with van der Waals surface area (Å²) in [4.78, 5) is 26.2. The first kappa shape index (κ1) is 11.1. The van der Waals surface area contributed by atoms with E-state index in [1.165, 1.54) is 6.92 Å². The van der Waals surface area contributed by atoms with E-state index in [1.54, 1.807) is 6.92 Å². The van der Waals surface area contributed by atoms with Crippen LogP contribution in [0.2, 0.25) is 0 Å². The van der Waals surface area contributed by atoms with Crippen molar-refractivity contribution in [1.29, 1.82) is 5.26 Å². The lowest BCUT2D eigenvalue weighted by molar-refractivity contribution is -0.159. The third-order valence-electron chi connectivity index (χ3n) is 1.92. The fourth-order valence-corrected chi connectivity index (χ4v) is 1.14. The number of nitrogens with one attached hydrogen (secondary N) is 1. The second-order valence-electron chi connectivity index (χ2n) is 3.15. The molecule has 1 amide bonds. The van der Waals surface area contributed by atoms with Crippen molar-refractivity contribution in [3.8, 4) is 6.07 Å². The Morgan fingerprint density at radius 1 is 1.47 bits per heavy atom. The summed E-state index contributed by atoms with van der Waals surface area (Å²) in [6.07, 6.45) is 0. The molecule has 1 aliphatic rings. The van der Waals surface area contributed by atoms with Crippen LogP contribution in [0.3, 0.4) is 0 Å². The highest BCUT2D eigenvalue weighted by Gasteiger charge is 2.39. The lowest BCUT2D eigenvalue weighted by Gasteiger charge is -2.10. The highest BCUT2D eigenvalue weighted by atomic mass is 16.7. The van der Waals surface area contributed by atoms with Gasteiger partial charge in [-0.2, -0.15) is 21.0 Å². The second-order valence-corrected chi connectivity index (χ2v) is 3.15. The van der Waals surface area contributed by atoms with Gasteiger partial charge in [0.15, 0.2) is 6.04 Å². The second kappa shape index (κ2) is 4.50. The zero-order valence-electron chi connectivity index (χ0n) is 8.30. The lowest BCUT2D eigenvalue weighted by Crippen LogP contribution is -2.35. The smallest absolute Gasteiger partial charge is 0.338 e. The highest BCUT2D eigenvalue weighted by Crippen LogP contribution is 2.23. The molecule has 0 radical (unpaired) electrons. The normalized spacial score (nSPS) is 28.2. The van der Waals surface area contributed by atoms with E-state index in [4.69, 9.17) is 5.26 Å². The van der Waals surface area contributed by atoms with E-state index in [2.05, 4.69) is 15.1 Å². The summed E-state index contributed by atoms with van der Waals surface area (Å²) >= 11 is 0. The molecule has 0 bridgehead atoms. The molecule has 0 aliphatic carbocycles. The summed E-state index contributed by atoms with van der Waals surface area (Å²) in [6.45, 7) is 2.89. The maximum Gasteiger partial charge on any atom is 0.359 e. The van der Waals surface area contributed by atoms with Crippen molar-refractivity contribution < 1.29 is 14.4 Å². The number of azo groups is 1. The predicted molar refractivity (Wildman–Crippen MR) is 47.1 cm³/mol. The molecular weight excluding hydrogens is 200 g/mol. The Morgan fingerprint density at radius 2 is 2.13 bits per heavy atom. The van der Waals surface area contributed by atoms with Crippen LogP contribution in [-0.4, -0.2) is 24.0 Å². The summed E-state index contributed by atoms with van der Waals surface area (Å²) < 4.78 is 0. The summed E-state index contributed by atoms with van der Waals surface area (Å²) in [5.74, 6) is -1.91. The predicted octanol–water partition coefficient (Wildman–Crippen LogP) is -0.0566. The van der Waals surface area contributed by atoms with Gasteiger partial charge in [-0.05, 0) is 6.92 Å². The number of nitrogens with zero attached hydrogens (tertiary/aromatic N) is 3. The quantitative estimate of drug-likeness (QED) is 0.612. The van der Waals surface area contributed by atoms with E-state index >= 15 is 0 Å². The fraction of sp³-hybridized carbons (Fsp3) is 0.625. The van der Waals surface area contributed by atoms with Gasteiger partial charge in [-0.25, -0.2) is 4.79 Å². The van der Waals surface area contributed by atoms with Gasteiger partial charge in [0.05, 0.1) is 12.1 Å². The Bertz CT molecular complexity index is 346. The van der Waals surface area contributed by atoms with Gasteiger partial charge in [0, 0.05) is 6.92 Å². The Kier molecular flexibility index (Phi) is 3.33. The van der Waals surface area contributed by atoms with Crippen molar-refractivity contribution in [2.75, 3.05) is 0 Å². The summed E-state index contributed by atoms with van der Waals surface area (Å²) in [5, 5.41) is 16.1. The van der Waals surface area contributed by atoms with Crippen LogP contribution < -0.4 is 5.48 Å². The van der Waals surface area contributed by atoms with Crippen molar-refractivity contribution in [3.63, 3.8) is 0 Å². The fourth-order valence-electron chi connectivity index (χ4n) is 1.14. The molecular formula is C8H10N4O3. The molecule has 0 spiro atoms. The maximum atomic E-state index is 11.3. The average Bonchev–Trinajstić information content (AvgIpc) is 2.55. The maximum absolute atomic E-state index is 11.3. The molecule has 0 saturated carbocycles. The number of nitriles is 1. The number of rotatable bonds is 1. The topological polar surface area (TPSA) is 104 Å². The molecule has 0 saturated heterocycles. The molecule has 0 aromatic carbocycles. The number of hydrogen-bond acceptors (Lipinski definition) is 6. The lowest BCUT2D eigenvalue weighted by atomic mass is 9.97. The summed E-state index contributed by atoms with van der Waals surface area (Å²) in [6, 6.07) is 0.655. The van der Waals surface area contributed by atoms with E-state index in [0.717, 1.165) is 0 Å². The van der Waals surface area contributed by atoms with Crippen molar-refractivity contribution in [3.05, 3.63) is 0 Å². The van der Waals surface area contributed by atoms with Crippen molar-refractivity contribution in [2.24, 2.45) is 16.1 Å². The Labute approximate surface area is 86.1 Å². The van der Waals surface area contributed by atoms with Crippen molar-refractivity contribution in [1.82, 2.24) is 5.48 Å². The van der Waals surface area contributed by atoms with E-state index < -0.39 is 23.8 Å². The first-order valence-electron chi connectivity index (χ1n) is 4.33. The largest absolute Gasteiger partial charge is 0.359 e. The Balaban J connectivity index is 2.57. The van der Waals surface area contributed by atoms with Gasteiger partial charge in [-0.15, -0.1) is 0 Å². The van der Waals surface area contributed by atoms with Crippen LogP contribution in [0.25, 0.3) is 0 Å². The molecule has 0 aromatic rings. The Hall–Kier alpha value is -1.97. The molecule has 1 aliphatic heterocycles. The minimum absolute atomic E-state index is 0.329. The first-order chi connectivity index (χ1) is 7.06. The SMILES string of the molecule is CC(=O)NOC(=O)[C@@H]1N=N[C@H](C)[C@H]1C#N. The van der Waals surface area contributed by atoms with E-state index in [9.17, 15) is 9.59 Å². The standard InChI is InChI=1S/C8H10N4O3/c1-4-6(3-9)7(11-10-4)8(14)15-12-5(2)13/h4,6-7H,1-2H3,(H,12,13)/t4-,6-,7-/m1/s1. The number of carbonyl (C=O) groups excluding carboxylic acids is 2. The van der Waals surface area contributed by atoms with Crippen LogP contribution in [0.5, 0.6) is 0 Å². The molecule has 7 nitrogen and oxygen atoms in total.